The van der Waals surface area contributed by atoms with E-state index in [1.54, 1.807) is 6.92 Å². The quantitative estimate of drug-likeness (QED) is 0.837. The molecule has 0 radical (unpaired) electrons. The zero-order chi connectivity index (χ0) is 13.4. The van der Waals surface area contributed by atoms with Crippen LogP contribution in [0.3, 0.4) is 0 Å². The third-order valence-corrected chi connectivity index (χ3v) is 4.55. The highest BCUT2D eigenvalue weighted by Gasteiger charge is 2.28. The van der Waals surface area contributed by atoms with Crippen LogP contribution in [-0.2, 0) is 24.1 Å². The van der Waals surface area contributed by atoms with Gasteiger partial charge in [0.2, 0.25) is 0 Å². The number of Topliss-reactive ketones (excluding diaryl/α,β-unsaturated/α-hetero) is 1. The molecule has 3 nitrogen and oxygen atoms in total. The molecule has 0 atom stereocenters. The Morgan fingerprint density at radius 2 is 1.74 bits per heavy atom. The molecule has 0 amide bonds. The van der Waals surface area contributed by atoms with Crippen LogP contribution < -0.4 is 9.47 Å². The van der Waals surface area contributed by atoms with Crippen molar-refractivity contribution in [1.82, 2.24) is 0 Å². The van der Waals surface area contributed by atoms with E-state index in [-0.39, 0.29) is 5.78 Å². The maximum Gasteiger partial charge on any atom is 0.137 e. The van der Waals surface area contributed by atoms with Gasteiger partial charge in [0.25, 0.3) is 0 Å². The molecule has 0 bridgehead atoms. The highest BCUT2D eigenvalue weighted by Crippen LogP contribution is 2.46. The number of carbonyl (C=O) groups excluding carboxylic acids is 1. The van der Waals surface area contributed by atoms with Crippen molar-refractivity contribution in [3.05, 3.63) is 21.2 Å². The van der Waals surface area contributed by atoms with Crippen LogP contribution in [0, 0.1) is 0 Å². The second-order valence-corrected chi connectivity index (χ2v) is 5.98. The molecule has 0 N–H and O–H groups in total. The van der Waals surface area contributed by atoms with Crippen molar-refractivity contribution >= 4 is 21.7 Å². The summed E-state index contributed by atoms with van der Waals surface area (Å²) in [7, 11) is 0. The summed E-state index contributed by atoms with van der Waals surface area (Å²) in [5.74, 6) is 2.04. The monoisotopic (exact) mass is 324 g/mol. The summed E-state index contributed by atoms with van der Waals surface area (Å²) in [6.45, 7) is 3.13. The van der Waals surface area contributed by atoms with Gasteiger partial charge in [-0.15, -0.1) is 0 Å². The number of hydrogen-bond donors (Lipinski definition) is 0. The lowest BCUT2D eigenvalue weighted by atomic mass is 9.91. The van der Waals surface area contributed by atoms with E-state index in [0.717, 1.165) is 66.0 Å². The van der Waals surface area contributed by atoms with Gasteiger partial charge < -0.3 is 9.47 Å². The molecular weight excluding hydrogens is 308 g/mol. The lowest BCUT2D eigenvalue weighted by molar-refractivity contribution is -0.116. The predicted molar refractivity (Wildman–Crippen MR) is 76.2 cm³/mol. The van der Waals surface area contributed by atoms with E-state index < -0.39 is 0 Å². The highest BCUT2D eigenvalue weighted by molar-refractivity contribution is 9.10. The Morgan fingerprint density at radius 3 is 2.42 bits per heavy atom. The fourth-order valence-corrected chi connectivity index (χ4v) is 3.65. The van der Waals surface area contributed by atoms with Gasteiger partial charge in [0.1, 0.15) is 17.3 Å². The van der Waals surface area contributed by atoms with E-state index >= 15 is 0 Å². The predicted octanol–water partition coefficient (Wildman–Crippen LogP) is 3.23. The Balaban J connectivity index is 2.21. The third-order valence-electron chi connectivity index (χ3n) is 3.71. The van der Waals surface area contributed by atoms with Crippen LogP contribution in [-0.4, -0.2) is 19.0 Å². The molecule has 0 aliphatic carbocycles. The van der Waals surface area contributed by atoms with Gasteiger partial charge in [-0.05, 0) is 48.5 Å². The first-order chi connectivity index (χ1) is 9.18. The summed E-state index contributed by atoms with van der Waals surface area (Å²) >= 11 is 3.66. The lowest BCUT2D eigenvalue weighted by Gasteiger charge is -2.29. The van der Waals surface area contributed by atoms with Crippen LogP contribution in [0.25, 0.3) is 0 Å². The van der Waals surface area contributed by atoms with Crippen molar-refractivity contribution < 1.29 is 14.3 Å². The van der Waals surface area contributed by atoms with Crippen molar-refractivity contribution in [2.75, 3.05) is 13.2 Å². The van der Waals surface area contributed by atoms with Crippen LogP contribution in [0.4, 0.5) is 0 Å². The van der Waals surface area contributed by atoms with Crippen molar-refractivity contribution in [2.45, 2.75) is 39.0 Å². The molecule has 4 heteroatoms. The van der Waals surface area contributed by atoms with Crippen LogP contribution in [0.1, 0.15) is 36.5 Å². The van der Waals surface area contributed by atoms with E-state index in [1.807, 2.05) is 0 Å². The average Bonchev–Trinajstić information content (AvgIpc) is 2.43. The summed E-state index contributed by atoms with van der Waals surface area (Å²) in [6, 6.07) is 0. The van der Waals surface area contributed by atoms with Gasteiger partial charge in [0.05, 0.1) is 17.7 Å². The third kappa shape index (κ3) is 2.27. The number of rotatable bonds is 2. The first-order valence-electron chi connectivity index (χ1n) is 6.79. The molecule has 102 valence electrons. The normalized spacial score (nSPS) is 16.9. The van der Waals surface area contributed by atoms with E-state index in [4.69, 9.17) is 9.47 Å². The van der Waals surface area contributed by atoms with Crippen molar-refractivity contribution in [2.24, 2.45) is 0 Å². The summed E-state index contributed by atoms with van der Waals surface area (Å²) in [5.41, 5.74) is 3.39. The number of benzene rings is 1. The summed E-state index contributed by atoms with van der Waals surface area (Å²) in [4.78, 5) is 11.6. The molecule has 3 rings (SSSR count). The number of hydrogen-bond acceptors (Lipinski definition) is 3. The minimum absolute atomic E-state index is 0.173. The molecule has 0 fully saturated rings. The zero-order valence-corrected chi connectivity index (χ0v) is 12.6. The fraction of sp³-hybridized carbons (Fsp3) is 0.533. The van der Waals surface area contributed by atoms with Gasteiger partial charge in [-0.3, -0.25) is 4.79 Å². The SMILES string of the molecule is CC(=O)Cc1c2c(c(Br)c3c1OCCC3)OCCC2. The van der Waals surface area contributed by atoms with Gasteiger partial charge in [-0.2, -0.15) is 0 Å². The first kappa shape index (κ1) is 13.0. The molecule has 0 spiro atoms. The second-order valence-electron chi connectivity index (χ2n) is 5.19. The zero-order valence-electron chi connectivity index (χ0n) is 11.1. The van der Waals surface area contributed by atoms with E-state index in [1.165, 1.54) is 5.56 Å². The molecule has 1 aromatic carbocycles. The fourth-order valence-electron chi connectivity index (χ4n) is 2.92. The van der Waals surface area contributed by atoms with Gasteiger partial charge >= 0.3 is 0 Å². The molecule has 0 aromatic heterocycles. The topological polar surface area (TPSA) is 35.5 Å². The van der Waals surface area contributed by atoms with Crippen LogP contribution in [0.15, 0.2) is 4.47 Å². The van der Waals surface area contributed by atoms with Gasteiger partial charge in [0.15, 0.2) is 0 Å². The number of ether oxygens (including phenoxy) is 2. The molecule has 2 aliphatic heterocycles. The standard InChI is InChI=1S/C15H17BrO3/c1-9(17)8-12-10-4-2-7-19-15(10)13(16)11-5-3-6-18-14(11)12/h2-8H2,1H3. The maximum atomic E-state index is 11.6. The Kier molecular flexibility index (Phi) is 3.52. The van der Waals surface area contributed by atoms with Crippen LogP contribution >= 0.6 is 15.9 Å². The molecule has 0 saturated heterocycles. The number of halogens is 1. The van der Waals surface area contributed by atoms with Crippen molar-refractivity contribution in [3.8, 4) is 11.5 Å². The Morgan fingerprint density at radius 1 is 1.11 bits per heavy atom. The summed E-state index contributed by atoms with van der Waals surface area (Å²) in [5, 5.41) is 0. The minimum atomic E-state index is 0.173. The van der Waals surface area contributed by atoms with E-state index in [0.29, 0.717) is 6.42 Å². The second kappa shape index (κ2) is 5.16. The largest absolute Gasteiger partial charge is 0.493 e. The van der Waals surface area contributed by atoms with Crippen molar-refractivity contribution in [1.29, 1.82) is 0 Å². The van der Waals surface area contributed by atoms with Crippen molar-refractivity contribution in [3.63, 3.8) is 0 Å². The maximum absolute atomic E-state index is 11.6. The molecule has 0 unspecified atom stereocenters. The number of fused-ring (bicyclic) bond motifs is 2. The Hall–Kier alpha value is -1.03. The summed E-state index contributed by atoms with van der Waals surface area (Å²) < 4.78 is 12.7. The molecule has 1 aromatic rings. The van der Waals surface area contributed by atoms with Gasteiger partial charge in [-0.1, -0.05) is 0 Å². The molecule has 19 heavy (non-hydrogen) atoms. The molecular formula is C15H17BrO3. The first-order valence-corrected chi connectivity index (χ1v) is 7.59. The van der Waals surface area contributed by atoms with Crippen LogP contribution in [0.2, 0.25) is 0 Å². The average molecular weight is 325 g/mol. The minimum Gasteiger partial charge on any atom is -0.493 e. The molecule has 2 aliphatic rings. The number of ketones is 1. The molecule has 2 heterocycles. The highest BCUT2D eigenvalue weighted by atomic mass is 79.9. The smallest absolute Gasteiger partial charge is 0.137 e. The summed E-state index contributed by atoms with van der Waals surface area (Å²) in [6.07, 6.45) is 4.42. The van der Waals surface area contributed by atoms with Gasteiger partial charge in [0, 0.05) is 23.1 Å². The van der Waals surface area contributed by atoms with Crippen LogP contribution in [0.5, 0.6) is 11.5 Å². The van der Waals surface area contributed by atoms with Gasteiger partial charge in [-0.25, -0.2) is 0 Å². The van der Waals surface area contributed by atoms with E-state index in [9.17, 15) is 4.79 Å². The molecule has 0 saturated carbocycles. The van der Waals surface area contributed by atoms with E-state index in [2.05, 4.69) is 15.9 Å². The lowest BCUT2D eigenvalue weighted by Crippen LogP contribution is -2.19. The Bertz CT molecular complexity index is 500. The number of carbonyl (C=O) groups is 1. The Labute approximate surface area is 121 Å².